The molecule has 5 nitrogen and oxygen atoms in total. The maximum atomic E-state index is 13.2. The lowest BCUT2D eigenvalue weighted by Gasteiger charge is -2.39. The van der Waals surface area contributed by atoms with Crippen molar-refractivity contribution in [1.82, 2.24) is 4.90 Å². The highest BCUT2D eigenvalue weighted by atomic mass is 35.5. The minimum absolute atomic E-state index is 0.0133. The summed E-state index contributed by atoms with van der Waals surface area (Å²) in [5, 5.41) is 0.641. The average Bonchev–Trinajstić information content (AvgIpc) is 2.57. The first kappa shape index (κ1) is 17.8. The second-order valence-corrected chi connectivity index (χ2v) is 6.25. The van der Waals surface area contributed by atoms with Crippen LogP contribution in [-0.4, -0.2) is 42.5 Å². The molecule has 0 saturated carbocycles. The largest absolute Gasteiger partial charge is 0.367 e. The van der Waals surface area contributed by atoms with Crippen LogP contribution in [0.4, 0.5) is 0 Å². The SMILES string of the molecule is CCC(CC)(C(=O)N1CCO[C@H](C(N)=O)C1)c1ccc(Cl)cc1. The first-order valence-electron chi connectivity index (χ1n) is 7.91. The predicted octanol–water partition coefficient (Wildman–Crippen LogP) is 2.11. The fraction of sp³-hybridized carbons (Fsp3) is 0.529. The lowest BCUT2D eigenvalue weighted by molar-refractivity contribution is -0.150. The Morgan fingerprint density at radius 1 is 1.30 bits per heavy atom. The Kier molecular flexibility index (Phi) is 5.65. The normalized spacial score (nSPS) is 18.7. The van der Waals surface area contributed by atoms with E-state index in [1.54, 1.807) is 17.0 Å². The van der Waals surface area contributed by atoms with Crippen molar-refractivity contribution in [2.75, 3.05) is 19.7 Å². The number of amides is 2. The molecule has 126 valence electrons. The van der Waals surface area contributed by atoms with E-state index in [0.29, 0.717) is 31.0 Å². The van der Waals surface area contributed by atoms with Crippen molar-refractivity contribution in [2.24, 2.45) is 5.73 Å². The van der Waals surface area contributed by atoms with Gasteiger partial charge in [0.1, 0.15) is 0 Å². The summed E-state index contributed by atoms with van der Waals surface area (Å²) in [4.78, 5) is 26.3. The topological polar surface area (TPSA) is 72.6 Å². The summed E-state index contributed by atoms with van der Waals surface area (Å²) in [7, 11) is 0. The van der Waals surface area contributed by atoms with Crippen LogP contribution in [0, 0.1) is 0 Å². The van der Waals surface area contributed by atoms with E-state index in [1.807, 2.05) is 26.0 Å². The van der Waals surface area contributed by atoms with Crippen molar-refractivity contribution in [3.8, 4) is 0 Å². The minimum atomic E-state index is -0.732. The van der Waals surface area contributed by atoms with Crippen LogP contribution in [0.25, 0.3) is 0 Å². The second-order valence-electron chi connectivity index (χ2n) is 5.81. The Bertz CT molecular complexity index is 570. The van der Waals surface area contributed by atoms with Crippen molar-refractivity contribution < 1.29 is 14.3 Å². The predicted molar refractivity (Wildman–Crippen MR) is 89.2 cm³/mol. The van der Waals surface area contributed by atoms with Crippen molar-refractivity contribution in [3.63, 3.8) is 0 Å². The van der Waals surface area contributed by atoms with Gasteiger partial charge in [-0.05, 0) is 30.5 Å². The molecule has 1 atom stereocenters. The molecule has 1 fully saturated rings. The van der Waals surface area contributed by atoms with Crippen LogP contribution in [0.15, 0.2) is 24.3 Å². The van der Waals surface area contributed by atoms with Crippen LogP contribution in [0.5, 0.6) is 0 Å². The summed E-state index contributed by atoms with van der Waals surface area (Å²) >= 11 is 5.97. The maximum absolute atomic E-state index is 13.2. The Hall–Kier alpha value is -1.59. The first-order chi connectivity index (χ1) is 10.9. The highest BCUT2D eigenvalue weighted by Crippen LogP contribution is 2.35. The molecule has 6 heteroatoms. The number of ether oxygens (including phenoxy) is 1. The maximum Gasteiger partial charge on any atom is 0.248 e. The number of nitrogens with two attached hydrogens (primary N) is 1. The summed E-state index contributed by atoms with van der Waals surface area (Å²) < 4.78 is 5.34. The van der Waals surface area contributed by atoms with Crippen LogP contribution < -0.4 is 5.73 Å². The molecule has 2 N–H and O–H groups in total. The molecule has 1 saturated heterocycles. The molecule has 0 aliphatic carbocycles. The van der Waals surface area contributed by atoms with E-state index in [2.05, 4.69) is 0 Å². The monoisotopic (exact) mass is 338 g/mol. The standard InChI is InChI=1S/C17H23ClN2O3/c1-3-17(4-2,12-5-7-13(18)8-6-12)16(22)20-9-10-23-14(11-20)15(19)21/h5-8,14H,3-4,9-11H2,1-2H3,(H2,19,21)/t14-/m0/s1. The summed E-state index contributed by atoms with van der Waals surface area (Å²) in [5.41, 5.74) is 5.64. The van der Waals surface area contributed by atoms with Crippen LogP contribution in [0.1, 0.15) is 32.3 Å². The van der Waals surface area contributed by atoms with Crippen molar-refractivity contribution in [1.29, 1.82) is 0 Å². The second kappa shape index (κ2) is 7.32. The van der Waals surface area contributed by atoms with Crippen molar-refractivity contribution >= 4 is 23.4 Å². The van der Waals surface area contributed by atoms with E-state index in [4.69, 9.17) is 22.1 Å². The zero-order chi connectivity index (χ0) is 17.0. The summed E-state index contributed by atoms with van der Waals surface area (Å²) in [5.74, 6) is -0.521. The van der Waals surface area contributed by atoms with Crippen LogP contribution >= 0.6 is 11.6 Å². The molecular formula is C17H23ClN2O3. The van der Waals surface area contributed by atoms with Gasteiger partial charge in [0.15, 0.2) is 6.10 Å². The lowest BCUT2D eigenvalue weighted by Crippen LogP contribution is -2.55. The zero-order valence-corrected chi connectivity index (χ0v) is 14.3. The van der Waals surface area contributed by atoms with Gasteiger partial charge in [-0.3, -0.25) is 9.59 Å². The van der Waals surface area contributed by atoms with E-state index in [1.165, 1.54) is 0 Å². The molecule has 2 rings (SSSR count). The molecule has 1 aromatic rings. The lowest BCUT2D eigenvalue weighted by atomic mass is 9.74. The fourth-order valence-corrected chi connectivity index (χ4v) is 3.29. The molecule has 1 aliphatic rings. The van der Waals surface area contributed by atoms with Gasteiger partial charge in [-0.1, -0.05) is 37.6 Å². The molecule has 0 aromatic heterocycles. The van der Waals surface area contributed by atoms with Gasteiger partial charge in [-0.15, -0.1) is 0 Å². The van der Waals surface area contributed by atoms with E-state index in [9.17, 15) is 9.59 Å². The molecule has 0 radical (unpaired) electrons. The fourth-order valence-electron chi connectivity index (χ4n) is 3.16. The number of hydrogen-bond donors (Lipinski definition) is 1. The summed E-state index contributed by atoms with van der Waals surface area (Å²) in [6.07, 6.45) is 0.606. The average molecular weight is 339 g/mol. The number of carbonyl (C=O) groups excluding carboxylic acids is 2. The van der Waals surface area contributed by atoms with Crippen molar-refractivity contribution in [3.05, 3.63) is 34.9 Å². The van der Waals surface area contributed by atoms with E-state index >= 15 is 0 Å². The van der Waals surface area contributed by atoms with Gasteiger partial charge in [0.25, 0.3) is 0 Å². The Labute approximate surface area is 141 Å². The molecule has 0 bridgehead atoms. The van der Waals surface area contributed by atoms with Crippen molar-refractivity contribution in [2.45, 2.75) is 38.2 Å². The van der Waals surface area contributed by atoms with Gasteiger partial charge in [0.05, 0.1) is 18.6 Å². The molecule has 1 heterocycles. The Balaban J connectivity index is 2.31. The molecular weight excluding hydrogens is 316 g/mol. The van der Waals surface area contributed by atoms with Gasteiger partial charge in [-0.25, -0.2) is 0 Å². The van der Waals surface area contributed by atoms with E-state index in [-0.39, 0.29) is 12.5 Å². The molecule has 1 aliphatic heterocycles. The summed E-state index contributed by atoms with van der Waals surface area (Å²) in [6, 6.07) is 7.41. The third kappa shape index (κ3) is 3.51. The highest BCUT2D eigenvalue weighted by molar-refractivity contribution is 6.30. The van der Waals surface area contributed by atoms with Crippen LogP contribution in [-0.2, 0) is 19.7 Å². The molecule has 0 unspecified atom stereocenters. The first-order valence-corrected chi connectivity index (χ1v) is 8.28. The van der Waals surface area contributed by atoms with Crippen LogP contribution in [0.3, 0.4) is 0 Å². The van der Waals surface area contributed by atoms with Gasteiger partial charge in [0, 0.05) is 11.6 Å². The summed E-state index contributed by atoms with van der Waals surface area (Å²) in [6.45, 7) is 5.01. The van der Waals surface area contributed by atoms with Crippen LogP contribution in [0.2, 0.25) is 5.02 Å². The van der Waals surface area contributed by atoms with Gasteiger partial charge >= 0.3 is 0 Å². The quantitative estimate of drug-likeness (QED) is 0.893. The number of benzene rings is 1. The number of carbonyl (C=O) groups is 2. The smallest absolute Gasteiger partial charge is 0.248 e. The van der Waals surface area contributed by atoms with E-state index < -0.39 is 17.4 Å². The minimum Gasteiger partial charge on any atom is -0.367 e. The number of morpholine rings is 1. The molecule has 23 heavy (non-hydrogen) atoms. The number of halogens is 1. The van der Waals surface area contributed by atoms with E-state index in [0.717, 1.165) is 5.56 Å². The molecule has 1 aromatic carbocycles. The number of rotatable bonds is 5. The zero-order valence-electron chi connectivity index (χ0n) is 13.5. The third-order valence-electron chi connectivity index (χ3n) is 4.68. The molecule has 0 spiro atoms. The van der Waals surface area contributed by atoms with Gasteiger partial charge in [-0.2, -0.15) is 0 Å². The highest BCUT2D eigenvalue weighted by Gasteiger charge is 2.41. The number of hydrogen-bond acceptors (Lipinski definition) is 3. The molecule has 2 amide bonds. The van der Waals surface area contributed by atoms with Gasteiger partial charge < -0.3 is 15.4 Å². The van der Waals surface area contributed by atoms with Gasteiger partial charge in [0.2, 0.25) is 11.8 Å². The number of nitrogens with zero attached hydrogens (tertiary/aromatic N) is 1. The Morgan fingerprint density at radius 2 is 1.91 bits per heavy atom. The third-order valence-corrected chi connectivity index (χ3v) is 4.94. The Morgan fingerprint density at radius 3 is 2.43 bits per heavy atom. The number of primary amides is 1.